The molecule has 1 N–H and O–H groups in total. The summed E-state index contributed by atoms with van der Waals surface area (Å²) in [5.74, 6) is -0.807. The number of carboxylic acids is 1. The number of hydrogen-bond donors (Lipinski definition) is 1. The number of imidazole rings is 1. The van der Waals surface area contributed by atoms with Crippen molar-refractivity contribution in [3.8, 4) is 0 Å². The maximum atomic E-state index is 12.2. The molecule has 0 saturated heterocycles. The molecule has 6 heteroatoms. The summed E-state index contributed by atoms with van der Waals surface area (Å²) in [4.78, 5) is 27.4. The highest BCUT2D eigenvalue weighted by Crippen LogP contribution is 2.17. The molecule has 1 aromatic carbocycles. The van der Waals surface area contributed by atoms with Crippen molar-refractivity contribution in [3.05, 3.63) is 46.4 Å². The third kappa shape index (κ3) is 1.46. The van der Waals surface area contributed by atoms with Crippen LogP contribution < -0.4 is 5.56 Å². The van der Waals surface area contributed by atoms with Crippen molar-refractivity contribution in [3.63, 3.8) is 0 Å². The van der Waals surface area contributed by atoms with Gasteiger partial charge in [0.15, 0.2) is 0 Å². The van der Waals surface area contributed by atoms with E-state index in [1.54, 1.807) is 6.07 Å². The fraction of sp³-hybridized carbons (Fsp3) is 0.154. The number of fused-ring (bicyclic) bond motifs is 3. The Kier molecular flexibility index (Phi) is 2.38. The number of carboxylic acid groups (broad SMARTS) is 1. The monoisotopic (exact) mass is 257 g/mol. The van der Waals surface area contributed by atoms with Gasteiger partial charge >= 0.3 is 5.97 Å². The molecule has 2 heterocycles. The highest BCUT2D eigenvalue weighted by atomic mass is 16.4. The number of benzene rings is 1. The van der Waals surface area contributed by atoms with Crippen LogP contribution in [0.4, 0.5) is 0 Å². The lowest BCUT2D eigenvalue weighted by Gasteiger charge is -2.00. The van der Waals surface area contributed by atoms with Gasteiger partial charge in [-0.25, -0.2) is 14.2 Å². The second kappa shape index (κ2) is 3.94. The molecule has 6 nitrogen and oxygen atoms in total. The molecule has 19 heavy (non-hydrogen) atoms. The van der Waals surface area contributed by atoms with Crippen molar-refractivity contribution in [2.45, 2.75) is 13.5 Å². The Morgan fingerprint density at radius 2 is 2.00 bits per heavy atom. The average molecular weight is 257 g/mol. The quantitative estimate of drug-likeness (QED) is 0.752. The second-order valence-electron chi connectivity index (χ2n) is 4.15. The van der Waals surface area contributed by atoms with Gasteiger partial charge in [-0.3, -0.25) is 4.79 Å². The topological polar surface area (TPSA) is 76.6 Å². The van der Waals surface area contributed by atoms with Crippen LogP contribution in [0, 0.1) is 0 Å². The number of rotatable bonds is 2. The van der Waals surface area contributed by atoms with Gasteiger partial charge in [-0.2, -0.15) is 0 Å². The summed E-state index contributed by atoms with van der Waals surface area (Å²) in [7, 11) is 0. The molecule has 0 fully saturated rings. The first-order chi connectivity index (χ1) is 9.15. The van der Waals surface area contributed by atoms with Gasteiger partial charge in [-0.05, 0) is 19.1 Å². The van der Waals surface area contributed by atoms with Crippen LogP contribution in [0.3, 0.4) is 0 Å². The average Bonchev–Trinajstić information content (AvgIpc) is 2.73. The number of nitrogens with zero attached hydrogens (tertiary/aromatic N) is 3. The first-order valence-corrected chi connectivity index (χ1v) is 5.87. The maximum Gasteiger partial charge on any atom is 0.342 e. The number of para-hydroxylation sites is 2. The molecule has 0 spiro atoms. The smallest absolute Gasteiger partial charge is 0.342 e. The van der Waals surface area contributed by atoms with Crippen LogP contribution in [-0.2, 0) is 6.54 Å². The number of carbonyl (C=O) groups is 1. The molecule has 0 bridgehead atoms. The predicted molar refractivity (Wildman–Crippen MR) is 69.6 cm³/mol. The molecule has 2 aromatic heterocycles. The van der Waals surface area contributed by atoms with Gasteiger partial charge in [0.1, 0.15) is 5.56 Å². The summed E-state index contributed by atoms with van der Waals surface area (Å²) in [5.41, 5.74) is 0.648. The van der Waals surface area contributed by atoms with Crippen LogP contribution >= 0.6 is 0 Å². The zero-order chi connectivity index (χ0) is 13.6. The minimum Gasteiger partial charge on any atom is -0.477 e. The van der Waals surface area contributed by atoms with E-state index >= 15 is 0 Å². The van der Waals surface area contributed by atoms with Gasteiger partial charge in [0.2, 0.25) is 5.78 Å². The zero-order valence-electron chi connectivity index (χ0n) is 10.2. The van der Waals surface area contributed by atoms with E-state index in [-0.39, 0.29) is 5.56 Å². The van der Waals surface area contributed by atoms with Crippen LogP contribution in [0.25, 0.3) is 16.8 Å². The number of aryl methyl sites for hydroxylation is 1. The van der Waals surface area contributed by atoms with Crippen LogP contribution in [0.5, 0.6) is 0 Å². The molecule has 0 aliphatic carbocycles. The van der Waals surface area contributed by atoms with Crippen LogP contribution in [0.1, 0.15) is 17.3 Å². The van der Waals surface area contributed by atoms with Gasteiger partial charge in [-0.1, -0.05) is 12.1 Å². The Bertz CT molecular complexity index is 861. The highest BCUT2D eigenvalue weighted by Gasteiger charge is 2.17. The SMILES string of the molecule is CCn1c2ccccc2n2c(=O)c(C(=O)O)cnc12. The molecule has 0 aliphatic heterocycles. The van der Waals surface area contributed by atoms with Gasteiger partial charge in [0.25, 0.3) is 5.56 Å². The van der Waals surface area contributed by atoms with Crippen LogP contribution in [0.15, 0.2) is 35.3 Å². The van der Waals surface area contributed by atoms with Crippen molar-refractivity contribution in [1.82, 2.24) is 14.0 Å². The maximum absolute atomic E-state index is 12.2. The minimum absolute atomic E-state index is 0.323. The van der Waals surface area contributed by atoms with Crippen molar-refractivity contribution in [1.29, 1.82) is 0 Å². The van der Waals surface area contributed by atoms with E-state index in [1.807, 2.05) is 29.7 Å². The summed E-state index contributed by atoms with van der Waals surface area (Å²) < 4.78 is 3.23. The van der Waals surface area contributed by atoms with Gasteiger partial charge in [-0.15, -0.1) is 0 Å². The standard InChI is InChI=1S/C13H11N3O3/c1-2-15-9-5-3-4-6-10(9)16-11(17)8(12(18)19)7-14-13(15)16/h3-7H,2H2,1H3,(H,18,19). The summed E-state index contributed by atoms with van der Waals surface area (Å²) >= 11 is 0. The highest BCUT2D eigenvalue weighted by molar-refractivity contribution is 5.88. The molecular weight excluding hydrogens is 246 g/mol. The summed E-state index contributed by atoms with van der Waals surface area (Å²) in [6, 6.07) is 7.34. The Morgan fingerprint density at radius 3 is 2.63 bits per heavy atom. The van der Waals surface area contributed by atoms with E-state index < -0.39 is 11.5 Å². The van der Waals surface area contributed by atoms with Gasteiger partial charge in [0, 0.05) is 6.54 Å². The van der Waals surface area contributed by atoms with Gasteiger partial charge < -0.3 is 9.67 Å². The molecule has 0 unspecified atom stereocenters. The molecule has 0 radical (unpaired) electrons. The van der Waals surface area contributed by atoms with Crippen LogP contribution in [-0.4, -0.2) is 25.0 Å². The number of aromatic nitrogens is 3. The van der Waals surface area contributed by atoms with E-state index in [0.29, 0.717) is 17.8 Å². The first-order valence-electron chi connectivity index (χ1n) is 5.87. The predicted octanol–water partition coefficient (Wildman–Crippen LogP) is 1.37. The fourth-order valence-electron chi connectivity index (χ4n) is 2.30. The Balaban J connectivity index is 2.61. The molecule has 0 amide bonds. The number of hydrogen-bond acceptors (Lipinski definition) is 3. The van der Waals surface area contributed by atoms with Gasteiger partial charge in [0.05, 0.1) is 17.2 Å². The van der Waals surface area contributed by atoms with Crippen molar-refractivity contribution in [2.75, 3.05) is 0 Å². The third-order valence-corrected chi connectivity index (χ3v) is 3.14. The van der Waals surface area contributed by atoms with E-state index in [2.05, 4.69) is 4.98 Å². The molecule has 3 aromatic rings. The molecular formula is C13H11N3O3. The first kappa shape index (κ1) is 11.5. The van der Waals surface area contributed by atoms with E-state index in [9.17, 15) is 9.59 Å². The molecule has 0 saturated carbocycles. The van der Waals surface area contributed by atoms with E-state index in [1.165, 1.54) is 4.40 Å². The lowest BCUT2D eigenvalue weighted by Crippen LogP contribution is -2.22. The third-order valence-electron chi connectivity index (χ3n) is 3.14. The van der Waals surface area contributed by atoms with Crippen molar-refractivity contribution >= 4 is 22.8 Å². The Labute approximate surface area is 107 Å². The summed E-state index contributed by atoms with van der Waals surface area (Å²) in [6.45, 7) is 2.60. The second-order valence-corrected chi connectivity index (χ2v) is 4.15. The molecule has 3 rings (SSSR count). The normalized spacial score (nSPS) is 11.2. The lowest BCUT2D eigenvalue weighted by atomic mass is 10.3. The fourth-order valence-corrected chi connectivity index (χ4v) is 2.30. The van der Waals surface area contributed by atoms with Crippen molar-refractivity contribution < 1.29 is 9.90 Å². The lowest BCUT2D eigenvalue weighted by molar-refractivity contribution is 0.0694. The Morgan fingerprint density at radius 1 is 1.32 bits per heavy atom. The largest absolute Gasteiger partial charge is 0.477 e. The summed E-state index contributed by atoms with van der Waals surface area (Å²) in [5, 5.41) is 9.00. The van der Waals surface area contributed by atoms with Crippen LogP contribution in [0.2, 0.25) is 0 Å². The molecule has 0 atom stereocenters. The van der Waals surface area contributed by atoms with E-state index in [4.69, 9.17) is 5.11 Å². The molecule has 0 aliphatic rings. The van der Waals surface area contributed by atoms with Crippen molar-refractivity contribution in [2.24, 2.45) is 0 Å². The number of aromatic carboxylic acids is 1. The summed E-state index contributed by atoms with van der Waals surface area (Å²) in [6.07, 6.45) is 1.12. The minimum atomic E-state index is -1.26. The molecule has 96 valence electrons. The zero-order valence-corrected chi connectivity index (χ0v) is 10.2. The van der Waals surface area contributed by atoms with E-state index in [0.717, 1.165) is 11.7 Å². The Hall–Kier alpha value is -2.63.